The minimum absolute atomic E-state index is 0.136. The van der Waals surface area contributed by atoms with Crippen LogP contribution in [0.1, 0.15) is 12.5 Å². The van der Waals surface area contributed by atoms with E-state index >= 15 is 0 Å². The van der Waals surface area contributed by atoms with Gasteiger partial charge in [0.25, 0.3) is 5.56 Å². The molecule has 2 rings (SSSR count). The van der Waals surface area contributed by atoms with Gasteiger partial charge in [0.1, 0.15) is 5.75 Å². The number of para-hydroxylation sites is 1. The molecule has 0 radical (unpaired) electrons. The van der Waals surface area contributed by atoms with Gasteiger partial charge in [-0.3, -0.25) is 4.79 Å². The molecular weight excluding hydrogens is 242 g/mol. The molecule has 0 amide bonds. The van der Waals surface area contributed by atoms with E-state index in [0.29, 0.717) is 17.8 Å². The Balaban J connectivity index is 2.65. The molecule has 0 aliphatic rings. The fraction of sp³-hybridized carbons (Fsp3) is 0.286. The molecule has 100 valence electrons. The monoisotopic (exact) mass is 259 g/mol. The highest BCUT2D eigenvalue weighted by Crippen LogP contribution is 2.27. The Morgan fingerprint density at radius 1 is 1.37 bits per heavy atom. The number of rotatable bonds is 4. The summed E-state index contributed by atoms with van der Waals surface area (Å²) in [4.78, 5) is 12.0. The maximum absolute atomic E-state index is 12.0. The lowest BCUT2D eigenvalue weighted by atomic mass is 10.1. The number of aromatic nitrogens is 2. The quantitative estimate of drug-likeness (QED) is 0.901. The van der Waals surface area contributed by atoms with Crippen molar-refractivity contribution in [2.45, 2.75) is 20.0 Å². The number of aryl methyl sites for hydroxylation is 1. The Morgan fingerprint density at radius 3 is 2.74 bits per heavy atom. The summed E-state index contributed by atoms with van der Waals surface area (Å²) in [6.45, 7) is 2.58. The third kappa shape index (κ3) is 2.51. The van der Waals surface area contributed by atoms with E-state index in [1.807, 2.05) is 31.2 Å². The van der Waals surface area contributed by atoms with Crippen LogP contribution in [0.2, 0.25) is 0 Å². The van der Waals surface area contributed by atoms with E-state index in [-0.39, 0.29) is 12.1 Å². The second-order valence-electron chi connectivity index (χ2n) is 4.08. The van der Waals surface area contributed by atoms with Gasteiger partial charge in [-0.15, -0.1) is 0 Å². The standard InChI is InChI=1S/C14H17N3O2/c1-3-17-14(18)10(9-15)8-12(16-17)11-6-4-5-7-13(11)19-2/h4-8H,3,9,15H2,1-2H3. The lowest BCUT2D eigenvalue weighted by molar-refractivity contribution is 0.416. The zero-order chi connectivity index (χ0) is 13.8. The lowest BCUT2D eigenvalue weighted by Crippen LogP contribution is -2.27. The molecule has 1 aromatic carbocycles. The summed E-state index contributed by atoms with van der Waals surface area (Å²) in [7, 11) is 1.61. The van der Waals surface area contributed by atoms with Gasteiger partial charge in [0.15, 0.2) is 0 Å². The Kier molecular flexibility index (Phi) is 3.97. The number of hydrogen-bond acceptors (Lipinski definition) is 4. The van der Waals surface area contributed by atoms with Gasteiger partial charge in [0.2, 0.25) is 0 Å². The first-order valence-electron chi connectivity index (χ1n) is 6.15. The number of methoxy groups -OCH3 is 1. The average molecular weight is 259 g/mol. The van der Waals surface area contributed by atoms with Gasteiger partial charge in [-0.1, -0.05) is 12.1 Å². The summed E-state index contributed by atoms with van der Waals surface area (Å²) in [5, 5.41) is 4.35. The number of hydrogen-bond donors (Lipinski definition) is 1. The summed E-state index contributed by atoms with van der Waals surface area (Å²) in [5.41, 5.74) is 7.58. The molecule has 0 spiro atoms. The molecule has 19 heavy (non-hydrogen) atoms. The smallest absolute Gasteiger partial charge is 0.271 e. The van der Waals surface area contributed by atoms with Crippen LogP contribution in [0.15, 0.2) is 35.1 Å². The maximum atomic E-state index is 12.0. The Hall–Kier alpha value is -2.14. The highest BCUT2D eigenvalue weighted by Gasteiger charge is 2.11. The van der Waals surface area contributed by atoms with Gasteiger partial charge >= 0.3 is 0 Å². The summed E-state index contributed by atoms with van der Waals surface area (Å²) in [5.74, 6) is 0.722. The number of benzene rings is 1. The van der Waals surface area contributed by atoms with Crippen LogP contribution in [-0.4, -0.2) is 16.9 Å². The van der Waals surface area contributed by atoms with Crippen molar-refractivity contribution in [1.82, 2.24) is 9.78 Å². The Labute approximate surface area is 111 Å². The molecule has 2 N–H and O–H groups in total. The van der Waals surface area contributed by atoms with Crippen LogP contribution < -0.4 is 16.0 Å². The van der Waals surface area contributed by atoms with Crippen molar-refractivity contribution in [3.63, 3.8) is 0 Å². The minimum atomic E-state index is -0.136. The SMILES string of the molecule is CCn1nc(-c2ccccc2OC)cc(CN)c1=O. The summed E-state index contributed by atoms with van der Waals surface area (Å²) in [6, 6.07) is 9.30. The fourth-order valence-electron chi connectivity index (χ4n) is 1.95. The van der Waals surface area contributed by atoms with E-state index in [9.17, 15) is 4.79 Å². The van der Waals surface area contributed by atoms with Gasteiger partial charge in [0.05, 0.1) is 12.8 Å². The molecule has 0 bridgehead atoms. The molecule has 0 saturated carbocycles. The van der Waals surface area contributed by atoms with Crippen molar-refractivity contribution >= 4 is 0 Å². The first-order valence-corrected chi connectivity index (χ1v) is 6.15. The Morgan fingerprint density at radius 2 is 2.11 bits per heavy atom. The van der Waals surface area contributed by atoms with Gasteiger partial charge in [-0.25, -0.2) is 4.68 Å². The van der Waals surface area contributed by atoms with E-state index in [0.717, 1.165) is 11.3 Å². The summed E-state index contributed by atoms with van der Waals surface area (Å²) in [6.07, 6.45) is 0. The summed E-state index contributed by atoms with van der Waals surface area (Å²) < 4.78 is 6.74. The first-order chi connectivity index (χ1) is 9.21. The van der Waals surface area contributed by atoms with Crippen LogP contribution in [0.3, 0.4) is 0 Å². The zero-order valence-corrected chi connectivity index (χ0v) is 11.1. The fourth-order valence-corrected chi connectivity index (χ4v) is 1.95. The van der Waals surface area contributed by atoms with Crippen molar-refractivity contribution in [3.05, 3.63) is 46.2 Å². The highest BCUT2D eigenvalue weighted by molar-refractivity contribution is 5.67. The predicted octanol–water partition coefficient (Wildman–Crippen LogP) is 1.40. The van der Waals surface area contributed by atoms with Gasteiger partial charge < -0.3 is 10.5 Å². The number of ether oxygens (including phenoxy) is 1. The third-order valence-corrected chi connectivity index (χ3v) is 2.95. The van der Waals surface area contributed by atoms with E-state index < -0.39 is 0 Å². The van der Waals surface area contributed by atoms with Crippen LogP contribution in [0.25, 0.3) is 11.3 Å². The van der Waals surface area contributed by atoms with E-state index in [1.165, 1.54) is 4.68 Å². The number of nitrogens with two attached hydrogens (primary N) is 1. The molecule has 5 nitrogen and oxygen atoms in total. The van der Waals surface area contributed by atoms with E-state index in [1.54, 1.807) is 13.2 Å². The van der Waals surface area contributed by atoms with Crippen LogP contribution in [0, 0.1) is 0 Å². The zero-order valence-electron chi connectivity index (χ0n) is 11.1. The topological polar surface area (TPSA) is 70.1 Å². The second-order valence-corrected chi connectivity index (χ2v) is 4.08. The van der Waals surface area contributed by atoms with Crippen molar-refractivity contribution in [2.24, 2.45) is 5.73 Å². The van der Waals surface area contributed by atoms with Crippen LogP contribution in [-0.2, 0) is 13.1 Å². The largest absolute Gasteiger partial charge is 0.496 e. The molecule has 0 atom stereocenters. The highest BCUT2D eigenvalue weighted by atomic mass is 16.5. The second kappa shape index (κ2) is 5.67. The lowest BCUT2D eigenvalue weighted by Gasteiger charge is -2.11. The molecule has 0 saturated heterocycles. The first kappa shape index (κ1) is 13.3. The number of nitrogens with zero attached hydrogens (tertiary/aromatic N) is 2. The van der Waals surface area contributed by atoms with E-state index in [4.69, 9.17) is 10.5 Å². The molecule has 0 aliphatic heterocycles. The van der Waals surface area contributed by atoms with Crippen LogP contribution >= 0.6 is 0 Å². The van der Waals surface area contributed by atoms with Crippen molar-refractivity contribution in [2.75, 3.05) is 7.11 Å². The molecule has 1 heterocycles. The molecule has 0 fully saturated rings. The van der Waals surface area contributed by atoms with Crippen molar-refractivity contribution < 1.29 is 4.74 Å². The third-order valence-electron chi connectivity index (χ3n) is 2.95. The average Bonchev–Trinajstić information content (AvgIpc) is 2.47. The predicted molar refractivity (Wildman–Crippen MR) is 74.1 cm³/mol. The minimum Gasteiger partial charge on any atom is -0.496 e. The molecular formula is C14H17N3O2. The van der Waals surface area contributed by atoms with Crippen molar-refractivity contribution in [1.29, 1.82) is 0 Å². The molecule has 5 heteroatoms. The van der Waals surface area contributed by atoms with Crippen LogP contribution in [0.5, 0.6) is 5.75 Å². The normalized spacial score (nSPS) is 10.5. The molecule has 0 unspecified atom stereocenters. The van der Waals surface area contributed by atoms with E-state index in [2.05, 4.69) is 5.10 Å². The molecule has 0 aliphatic carbocycles. The Bertz CT molecular complexity index is 607. The maximum Gasteiger partial charge on any atom is 0.271 e. The van der Waals surface area contributed by atoms with Crippen molar-refractivity contribution in [3.8, 4) is 17.0 Å². The van der Waals surface area contributed by atoms with Crippen LogP contribution in [0.4, 0.5) is 0 Å². The summed E-state index contributed by atoms with van der Waals surface area (Å²) >= 11 is 0. The molecule has 2 aromatic rings. The molecule has 1 aromatic heterocycles. The van der Waals surface area contributed by atoms with Gasteiger partial charge in [-0.05, 0) is 25.1 Å². The van der Waals surface area contributed by atoms with Gasteiger partial charge in [-0.2, -0.15) is 5.10 Å². The van der Waals surface area contributed by atoms with Gasteiger partial charge in [0, 0.05) is 24.2 Å².